The maximum Gasteiger partial charge on any atom is 0.328 e. The minimum absolute atomic E-state index is 0.0305. The number of aromatic nitrogens is 1. The van der Waals surface area contributed by atoms with Crippen LogP contribution in [0.3, 0.4) is 0 Å². The van der Waals surface area contributed by atoms with Gasteiger partial charge in [0.2, 0.25) is 17.7 Å². The number of aliphatic hydroxyl groups is 1. The van der Waals surface area contributed by atoms with E-state index in [0.29, 0.717) is 19.4 Å². The van der Waals surface area contributed by atoms with Gasteiger partial charge >= 0.3 is 5.97 Å². The molecule has 0 aliphatic heterocycles. The van der Waals surface area contributed by atoms with E-state index >= 15 is 0 Å². The lowest BCUT2D eigenvalue weighted by Crippen LogP contribution is -2.59. The lowest BCUT2D eigenvalue weighted by atomic mass is 10.0. The second-order valence-corrected chi connectivity index (χ2v) is 9.81. The summed E-state index contributed by atoms with van der Waals surface area (Å²) >= 11 is 0. The van der Waals surface area contributed by atoms with Crippen molar-refractivity contribution in [2.45, 2.75) is 76.7 Å². The van der Waals surface area contributed by atoms with Crippen molar-refractivity contribution >= 4 is 34.6 Å². The predicted octanol–water partition coefficient (Wildman–Crippen LogP) is -0.257. The van der Waals surface area contributed by atoms with Crippen molar-refractivity contribution in [3.63, 3.8) is 0 Å². The summed E-state index contributed by atoms with van der Waals surface area (Å²) in [6.45, 7) is 5.23. The molecule has 1 aromatic carbocycles. The maximum atomic E-state index is 13.4. The van der Waals surface area contributed by atoms with E-state index in [1.54, 1.807) is 20.0 Å². The topological polar surface area (TPSA) is 213 Å². The molecular formula is C26H40N6O6. The number of hydrogen-bond donors (Lipinski definition) is 8. The number of carbonyl (C=O) groups is 4. The highest BCUT2D eigenvalue weighted by atomic mass is 16.4. The molecule has 12 nitrogen and oxygen atoms in total. The monoisotopic (exact) mass is 532 g/mol. The third-order valence-electron chi connectivity index (χ3n) is 6.38. The van der Waals surface area contributed by atoms with Crippen molar-refractivity contribution < 1.29 is 29.4 Å². The van der Waals surface area contributed by atoms with E-state index in [1.807, 2.05) is 24.3 Å². The number of carboxylic acid groups (broad SMARTS) is 1. The molecule has 0 aliphatic rings. The van der Waals surface area contributed by atoms with Gasteiger partial charge in [-0.3, -0.25) is 14.4 Å². The fourth-order valence-electron chi connectivity index (χ4n) is 3.98. The Bertz CT molecular complexity index is 1100. The van der Waals surface area contributed by atoms with Gasteiger partial charge in [0.15, 0.2) is 6.04 Å². The highest BCUT2D eigenvalue weighted by molar-refractivity contribution is 5.95. The molecule has 5 unspecified atom stereocenters. The van der Waals surface area contributed by atoms with Crippen molar-refractivity contribution in [3.05, 3.63) is 36.0 Å². The number of carbonyl (C=O) groups excluding carboxylic acids is 3. The van der Waals surface area contributed by atoms with Gasteiger partial charge in [-0.2, -0.15) is 0 Å². The fourth-order valence-corrected chi connectivity index (χ4v) is 3.98. The number of aliphatic hydroxyl groups excluding tert-OH is 1. The summed E-state index contributed by atoms with van der Waals surface area (Å²) in [5, 5.41) is 27.8. The summed E-state index contributed by atoms with van der Waals surface area (Å²) in [6.07, 6.45) is 1.82. The van der Waals surface area contributed by atoms with Gasteiger partial charge in [0.1, 0.15) is 12.1 Å². The van der Waals surface area contributed by atoms with Crippen molar-refractivity contribution in [1.82, 2.24) is 20.9 Å². The average molecular weight is 533 g/mol. The summed E-state index contributed by atoms with van der Waals surface area (Å²) < 4.78 is 0. The van der Waals surface area contributed by atoms with Crippen LogP contribution in [0, 0.1) is 5.92 Å². The van der Waals surface area contributed by atoms with Gasteiger partial charge in [-0.25, -0.2) is 4.79 Å². The zero-order valence-electron chi connectivity index (χ0n) is 22.1. The van der Waals surface area contributed by atoms with Crippen LogP contribution in [0.5, 0.6) is 0 Å². The number of fused-ring (bicyclic) bond motifs is 1. The summed E-state index contributed by atoms with van der Waals surface area (Å²) in [4.78, 5) is 53.9. The van der Waals surface area contributed by atoms with Crippen molar-refractivity contribution in [2.24, 2.45) is 17.4 Å². The zero-order chi connectivity index (χ0) is 28.4. The summed E-state index contributed by atoms with van der Waals surface area (Å²) in [5.41, 5.74) is 13.1. The first kappa shape index (κ1) is 30.7. The lowest BCUT2D eigenvalue weighted by molar-refractivity contribution is -0.145. The maximum absolute atomic E-state index is 13.4. The number of para-hydroxylation sites is 1. The highest BCUT2D eigenvalue weighted by Gasteiger charge is 2.32. The van der Waals surface area contributed by atoms with Crippen LogP contribution in [0.15, 0.2) is 30.5 Å². The second-order valence-electron chi connectivity index (χ2n) is 9.81. The van der Waals surface area contributed by atoms with Crippen molar-refractivity contribution in [2.75, 3.05) is 6.54 Å². The van der Waals surface area contributed by atoms with Crippen LogP contribution in [0.4, 0.5) is 0 Å². The predicted molar refractivity (Wildman–Crippen MR) is 143 cm³/mol. The Labute approximate surface area is 221 Å². The van der Waals surface area contributed by atoms with Gasteiger partial charge < -0.3 is 42.6 Å². The average Bonchev–Trinajstić information content (AvgIpc) is 3.27. The molecule has 210 valence electrons. The molecule has 12 heteroatoms. The SMILES string of the molecule is CC(C)C(N)C(=O)NC(CCCCN)C(=O)NC(Cc1c[nH]c2ccccc12)C(=O)NC(C(=O)O)C(C)O. The molecule has 0 bridgehead atoms. The summed E-state index contributed by atoms with van der Waals surface area (Å²) in [5.74, 6) is -3.47. The number of hydrogen-bond acceptors (Lipinski definition) is 7. The van der Waals surface area contributed by atoms with Crippen LogP contribution in [-0.2, 0) is 25.6 Å². The molecule has 1 heterocycles. The van der Waals surface area contributed by atoms with Crippen LogP contribution < -0.4 is 27.4 Å². The first-order valence-corrected chi connectivity index (χ1v) is 12.8. The van der Waals surface area contributed by atoms with E-state index in [2.05, 4.69) is 20.9 Å². The molecule has 0 aliphatic carbocycles. The second kappa shape index (κ2) is 14.5. The van der Waals surface area contributed by atoms with E-state index in [1.165, 1.54) is 6.92 Å². The van der Waals surface area contributed by atoms with Gasteiger partial charge in [0, 0.05) is 23.5 Å². The molecule has 10 N–H and O–H groups in total. The number of unbranched alkanes of at least 4 members (excludes halogenated alkanes) is 1. The fraction of sp³-hybridized carbons (Fsp3) is 0.538. The quantitative estimate of drug-likeness (QED) is 0.143. The van der Waals surface area contributed by atoms with Crippen LogP contribution in [0.2, 0.25) is 0 Å². The Morgan fingerprint density at radius 2 is 1.58 bits per heavy atom. The van der Waals surface area contributed by atoms with Crippen molar-refractivity contribution in [1.29, 1.82) is 0 Å². The van der Waals surface area contributed by atoms with Crippen LogP contribution >= 0.6 is 0 Å². The largest absolute Gasteiger partial charge is 0.480 e. The first-order chi connectivity index (χ1) is 18.0. The van der Waals surface area contributed by atoms with Crippen LogP contribution in [0.1, 0.15) is 45.6 Å². The zero-order valence-corrected chi connectivity index (χ0v) is 22.1. The third kappa shape index (κ3) is 8.54. The van der Waals surface area contributed by atoms with Gasteiger partial charge in [-0.15, -0.1) is 0 Å². The Balaban J connectivity index is 2.32. The Hall–Kier alpha value is -3.48. The molecule has 2 aromatic rings. The number of benzene rings is 1. The molecule has 1 aromatic heterocycles. The highest BCUT2D eigenvalue weighted by Crippen LogP contribution is 2.19. The number of H-pyrrole nitrogens is 1. The minimum atomic E-state index is -1.58. The van der Waals surface area contributed by atoms with E-state index in [4.69, 9.17) is 11.5 Å². The number of aliphatic carboxylic acids is 1. The Morgan fingerprint density at radius 1 is 0.947 bits per heavy atom. The molecule has 3 amide bonds. The van der Waals surface area contributed by atoms with Crippen molar-refractivity contribution in [3.8, 4) is 0 Å². The Kier molecular flexibility index (Phi) is 11.7. The molecule has 2 rings (SSSR count). The molecule has 0 saturated carbocycles. The molecule has 0 fully saturated rings. The molecule has 38 heavy (non-hydrogen) atoms. The number of rotatable bonds is 15. The third-order valence-corrected chi connectivity index (χ3v) is 6.38. The number of aromatic amines is 1. The number of amides is 3. The molecule has 0 spiro atoms. The number of nitrogens with one attached hydrogen (secondary N) is 4. The Morgan fingerprint density at radius 3 is 2.18 bits per heavy atom. The standard InChI is InChI=1S/C26H40N6O6/c1-14(2)21(28)25(36)30-19(10-6-7-11-27)23(34)31-20(24(35)32-22(15(3)33)26(37)38)12-16-13-29-18-9-5-4-8-17(16)18/h4-5,8-9,13-15,19-22,29,33H,6-7,10-12,27-28H2,1-3H3,(H,30,36)(H,31,34)(H,32,35)(H,37,38). The van der Waals surface area contributed by atoms with Gasteiger partial charge in [-0.05, 0) is 50.3 Å². The van der Waals surface area contributed by atoms with E-state index < -0.39 is 54.0 Å². The lowest BCUT2D eigenvalue weighted by Gasteiger charge is -2.26. The molecular weight excluding hydrogens is 492 g/mol. The smallest absolute Gasteiger partial charge is 0.328 e. The molecule has 0 saturated heterocycles. The number of nitrogens with two attached hydrogens (primary N) is 2. The van der Waals surface area contributed by atoms with Gasteiger partial charge in [0.25, 0.3) is 0 Å². The van der Waals surface area contributed by atoms with Gasteiger partial charge in [0.05, 0.1) is 12.1 Å². The molecule has 0 radical (unpaired) electrons. The molecule has 5 atom stereocenters. The van der Waals surface area contributed by atoms with E-state index in [-0.39, 0.29) is 18.8 Å². The van der Waals surface area contributed by atoms with E-state index in [0.717, 1.165) is 16.5 Å². The van der Waals surface area contributed by atoms with Gasteiger partial charge in [-0.1, -0.05) is 32.0 Å². The summed E-state index contributed by atoms with van der Waals surface area (Å²) in [6, 6.07) is 2.83. The number of carboxylic acids is 1. The minimum Gasteiger partial charge on any atom is -0.480 e. The van der Waals surface area contributed by atoms with Crippen LogP contribution in [0.25, 0.3) is 10.9 Å². The normalized spacial score (nSPS) is 15.3. The first-order valence-electron chi connectivity index (χ1n) is 12.8. The van der Waals surface area contributed by atoms with E-state index in [9.17, 15) is 29.4 Å². The summed E-state index contributed by atoms with van der Waals surface area (Å²) in [7, 11) is 0. The van der Waals surface area contributed by atoms with Crippen LogP contribution in [-0.4, -0.2) is 75.7 Å².